The molecule has 0 saturated carbocycles. The van der Waals surface area contributed by atoms with Crippen LogP contribution in [0.3, 0.4) is 0 Å². The molecule has 34 nitrogen and oxygen atoms in total. The van der Waals surface area contributed by atoms with Crippen LogP contribution in [0.1, 0.15) is 126 Å². The van der Waals surface area contributed by atoms with E-state index in [2.05, 4.69) is 143 Å². The average molecular weight is 1790 g/mol. The molecular formula is C81H133N10O24P5. The molecule has 20 atom stereocenters. The number of allylic oxidation sites excluding steroid dienone is 2. The first-order valence-corrected chi connectivity index (χ1v) is 55.4. The van der Waals surface area contributed by atoms with Crippen LogP contribution >= 0.6 is 34.4 Å². The summed E-state index contributed by atoms with van der Waals surface area (Å²) in [6.45, 7) is 31.0. The third-order valence-corrected chi connectivity index (χ3v) is 28.3. The van der Waals surface area contributed by atoms with Crippen LogP contribution in [0.2, 0.25) is 0 Å². The number of aliphatic hydroxyl groups excluding tert-OH is 9. The van der Waals surface area contributed by atoms with E-state index in [1.807, 2.05) is 13.8 Å². The molecule has 1 amide bonds. The molecule has 0 aromatic carbocycles. The Kier molecular flexibility index (Phi) is 37.3. The van der Waals surface area contributed by atoms with Crippen molar-refractivity contribution < 1.29 is 79.5 Å². The topological polar surface area (TPSA) is 500 Å². The second-order valence-corrected chi connectivity index (χ2v) is 56.8. The van der Waals surface area contributed by atoms with E-state index in [1.165, 1.54) is 58.0 Å². The number of carbonyl (C=O) groups is 1. The van der Waals surface area contributed by atoms with Crippen LogP contribution in [0.5, 0.6) is 0 Å². The number of aromatic amines is 4. The normalized spacial score (nSPS) is 28.7. The van der Waals surface area contributed by atoms with Gasteiger partial charge in [0.2, 0.25) is 0 Å². The van der Waals surface area contributed by atoms with Gasteiger partial charge in [-0.1, -0.05) is 45.4 Å². The number of carbonyl (C=O) groups excluding carboxylic acids is 1. The van der Waals surface area contributed by atoms with E-state index in [0.29, 0.717) is 85.9 Å². The molecule has 39 heteroatoms. The molecule has 0 radical (unpaired) electrons. The van der Waals surface area contributed by atoms with Crippen molar-refractivity contribution in [1.29, 1.82) is 0 Å². The Morgan fingerprint density at radius 1 is 0.425 bits per heavy atom. The van der Waals surface area contributed by atoms with Gasteiger partial charge in [0.25, 0.3) is 28.1 Å². The molecule has 5 saturated heterocycles. The lowest BCUT2D eigenvalue weighted by Crippen LogP contribution is -2.53. The second kappa shape index (κ2) is 43.6. The lowest BCUT2D eigenvalue weighted by atomic mass is 9.95. The summed E-state index contributed by atoms with van der Waals surface area (Å²) >= 11 is 0. The maximum absolute atomic E-state index is 12.2. The highest BCUT2D eigenvalue weighted by molar-refractivity contribution is 7.73. The number of unbranched alkanes of at least 4 members (excludes halogenated alkanes) is 1. The fraction of sp³-hybridized carbons (Fsp3) is 0.630. The Morgan fingerprint density at radius 3 is 1.02 bits per heavy atom. The van der Waals surface area contributed by atoms with E-state index in [-0.39, 0.29) is 12.3 Å². The SMILES string of the molecule is C=C1NC(=O)C=CN1C1O[C@H](CCP(=C)(C)C)[C@@H](O)[C@@]1(C)O.C=CCCc1cn(C2O[C@H](CCP(=C)(C)C)[C@@H](O)[C@H]2O)c(=O)[nH]c1=O.C=CCc1cn(C2O[C@H](CCP(=C)(C)C)[C@@H](O)[C@H]2O)c(=O)[nH]c1=O.C=P(C)(C)CC[C@H]1OC(n2cc(CCC)c(=O)[nH]c2=O)[C@H](O)[C@@H]1O.C=P(C)(C)CC[C@H]1OC(n2cc(CCCC)c(=O)[nH]c2=O)[C@H](O)[C@@H]1O. The number of ether oxygens (including phenoxy) is 5. The number of rotatable bonds is 30. The van der Waals surface area contributed by atoms with Gasteiger partial charge in [-0.25, -0.2) is 19.2 Å². The molecule has 15 N–H and O–H groups in total. The monoisotopic (exact) mass is 1780 g/mol. The minimum absolute atomic E-state index is 0.278. The summed E-state index contributed by atoms with van der Waals surface area (Å²) in [6.07, 6.45) is 26.3. The molecule has 4 aromatic heterocycles. The Balaban J connectivity index is 0.000000233. The smallest absolute Gasteiger partial charge is 0.330 e. The van der Waals surface area contributed by atoms with Gasteiger partial charge < -0.3 is 85.0 Å². The molecule has 10 heterocycles. The number of H-pyrrole nitrogens is 4. The number of amides is 1. The lowest BCUT2D eigenvalue weighted by Gasteiger charge is -2.37. The molecule has 0 bridgehead atoms. The highest BCUT2D eigenvalue weighted by Gasteiger charge is 2.55. The standard InChI is InChI=1S/C17H29N2O5P.C17H27N2O5P.C16H27N2O5P.C16H25N2O5P.C15H25N2O4P/c2*1-5-6-7-11-10-19(17(23)18-15(11)22)16-14(21)13(20)12(24-16)8-9-25(2,3)4;2*1-5-6-10-9-18(16(22)17-14(10)21)15-13(20)12(19)11(23-15)7-8-24(2,3)4;1-10-16-12(18)6-8-17(10)14-15(2,20)13(19)11(21-14)7-9-22(3,4)5/h10,12-14,16,20-21H,2,5-9H2,1,3-4H3,(H,18,22,23);5,10,12-14,16,20-21H,1-2,6-9H2,3-4H3,(H,18,22,23);9,11-13,15,19-20H,2,5-8H2,1,3-4H3,(H,17,21,22);5,9,11-13,15,19-20H,1-2,6-8H2,3-4H3,(H,17,21,22);6,8,11,13-14,19-20H,1,3,7,9H2,2,4-5H3,(H,16,18)/t2*12-,13-,14-,16?;2*11-,12-,13-,15?;11-,13-,14?,15-/m11111/s1. The zero-order chi connectivity index (χ0) is 90.4. The molecule has 6 aliphatic heterocycles. The number of aliphatic hydroxyl groups is 10. The molecule has 6 aliphatic rings. The number of nitrogens with zero attached hydrogens (tertiary/aromatic N) is 5. The van der Waals surface area contributed by atoms with E-state index in [0.717, 1.165) is 59.2 Å². The van der Waals surface area contributed by atoms with Crippen LogP contribution in [0, 0.1) is 0 Å². The van der Waals surface area contributed by atoms with Crippen LogP contribution in [0.25, 0.3) is 0 Å². The number of hydrogen-bond acceptors (Lipinski definition) is 25. The van der Waals surface area contributed by atoms with Crippen LogP contribution in [0.4, 0.5) is 0 Å². The number of hydrogen-bond donors (Lipinski definition) is 15. The molecule has 5 unspecified atom stereocenters. The fourth-order valence-corrected chi connectivity index (χ4v) is 18.7. The Hall–Kier alpha value is -6.15. The molecule has 5 fully saturated rings. The van der Waals surface area contributed by atoms with Gasteiger partial charge in [-0.15, -0.1) is 79.1 Å². The molecule has 120 heavy (non-hydrogen) atoms. The Bertz CT molecular complexity index is 4990. The molecule has 4 aromatic rings. The number of nitrogens with one attached hydrogen (secondary N) is 5. The Labute approximate surface area is 700 Å². The van der Waals surface area contributed by atoms with Gasteiger partial charge in [-0.2, -0.15) is 0 Å². The predicted octanol–water partition coefficient (Wildman–Crippen LogP) is 1.50. The first-order chi connectivity index (χ1) is 55.6. The highest BCUT2D eigenvalue weighted by Crippen LogP contribution is 2.45. The van der Waals surface area contributed by atoms with E-state index in [4.69, 9.17) is 23.7 Å². The van der Waals surface area contributed by atoms with Gasteiger partial charge in [0.05, 0.1) is 30.5 Å². The largest absolute Gasteiger partial charge is 0.388 e. The molecule has 10 rings (SSSR count). The molecule has 0 aliphatic carbocycles. The van der Waals surface area contributed by atoms with Gasteiger partial charge in [0.15, 0.2) is 31.1 Å². The van der Waals surface area contributed by atoms with Gasteiger partial charge >= 0.3 is 22.8 Å². The number of aryl methyl sites for hydroxylation is 3. The van der Waals surface area contributed by atoms with Crippen LogP contribution in [-0.4, -0.2) is 326 Å². The summed E-state index contributed by atoms with van der Waals surface area (Å²) in [5.74, 6) is 0.0372. The zero-order valence-electron chi connectivity index (χ0n) is 71.6. The summed E-state index contributed by atoms with van der Waals surface area (Å²) in [5, 5.41) is 106. The van der Waals surface area contributed by atoms with Crippen molar-refractivity contribution in [2.24, 2.45) is 0 Å². The molecule has 676 valence electrons. The maximum atomic E-state index is 12.2. The van der Waals surface area contributed by atoms with Crippen molar-refractivity contribution in [3.05, 3.63) is 180 Å². The predicted molar refractivity (Wildman–Crippen MR) is 484 cm³/mol. The third-order valence-electron chi connectivity index (χ3n) is 21.0. The average Bonchev–Trinajstić information content (AvgIpc) is 1.62. The summed E-state index contributed by atoms with van der Waals surface area (Å²) in [7, 11) is 0. The van der Waals surface area contributed by atoms with Crippen molar-refractivity contribution in [3.63, 3.8) is 0 Å². The van der Waals surface area contributed by atoms with Crippen molar-refractivity contribution >= 4 is 71.8 Å². The van der Waals surface area contributed by atoms with Gasteiger partial charge in [-0.05, 0) is 175 Å². The number of aromatic nitrogens is 8. The molecular weight excluding hydrogens is 1650 g/mol. The maximum Gasteiger partial charge on any atom is 0.330 e. The van der Waals surface area contributed by atoms with Crippen molar-refractivity contribution in [2.45, 2.75) is 226 Å². The zero-order valence-corrected chi connectivity index (χ0v) is 76.1. The molecule has 0 spiro atoms. The van der Waals surface area contributed by atoms with E-state index in [9.17, 15) is 94.2 Å². The minimum Gasteiger partial charge on any atom is -0.388 e. The lowest BCUT2D eigenvalue weighted by molar-refractivity contribution is -0.123. The third kappa shape index (κ3) is 28.7. The van der Waals surface area contributed by atoms with Gasteiger partial charge in [0.1, 0.15) is 66.4 Å². The summed E-state index contributed by atoms with van der Waals surface area (Å²) < 4.78 is 33.5. The van der Waals surface area contributed by atoms with Crippen LogP contribution < -0.4 is 50.3 Å². The van der Waals surface area contributed by atoms with E-state index >= 15 is 0 Å². The van der Waals surface area contributed by atoms with Gasteiger partial charge in [-0.3, -0.25) is 62.2 Å². The first kappa shape index (κ1) is 103. The highest BCUT2D eigenvalue weighted by atomic mass is 31.2. The van der Waals surface area contributed by atoms with Crippen molar-refractivity contribution in [1.82, 2.24) is 48.4 Å². The second-order valence-electron chi connectivity index (χ2n) is 35.2. The fourth-order valence-electron chi connectivity index (χ4n) is 13.9. The first-order valence-electron chi connectivity index (χ1n) is 40.1. The summed E-state index contributed by atoms with van der Waals surface area (Å²) in [6, 6.07) is 0. The minimum atomic E-state index is -1.47. The van der Waals surface area contributed by atoms with E-state index in [1.54, 1.807) is 12.2 Å². The van der Waals surface area contributed by atoms with E-state index < -0.39 is 202 Å². The van der Waals surface area contributed by atoms with Crippen molar-refractivity contribution in [2.75, 3.05) is 97.5 Å². The van der Waals surface area contributed by atoms with Crippen molar-refractivity contribution in [3.8, 4) is 0 Å². The summed E-state index contributed by atoms with van der Waals surface area (Å²) in [4.78, 5) is 118. The van der Waals surface area contributed by atoms with Gasteiger partial charge in [0, 0.05) is 59.3 Å². The Morgan fingerprint density at radius 2 is 0.725 bits per heavy atom. The van der Waals surface area contributed by atoms with Crippen LogP contribution in [0.15, 0.2) is 113 Å². The summed E-state index contributed by atoms with van der Waals surface area (Å²) in [5.41, 5.74) is -4.26. The van der Waals surface area contributed by atoms with Crippen LogP contribution in [-0.2, 0) is 54.2 Å². The quantitative estimate of drug-likeness (QED) is 0.0260.